The molecule has 0 saturated carbocycles. The molecule has 1 aromatic rings. The van der Waals surface area contributed by atoms with Crippen LogP contribution in [0.4, 0.5) is 0 Å². The zero-order valence-electron chi connectivity index (χ0n) is 6.61. The van der Waals surface area contributed by atoms with Crippen molar-refractivity contribution in [3.05, 3.63) is 34.8 Å². The van der Waals surface area contributed by atoms with Gasteiger partial charge in [-0.3, -0.25) is 4.98 Å². The average Bonchev–Trinajstić information content (AvgIpc) is 1.88. The van der Waals surface area contributed by atoms with E-state index in [0.717, 1.165) is 11.3 Å². The van der Waals surface area contributed by atoms with E-state index in [4.69, 9.17) is 0 Å². The van der Waals surface area contributed by atoms with Crippen molar-refractivity contribution in [2.75, 3.05) is 0 Å². The van der Waals surface area contributed by atoms with Crippen molar-refractivity contribution in [2.24, 2.45) is 5.16 Å². The second-order valence-electron chi connectivity index (χ2n) is 1.97. The fourth-order valence-electron chi connectivity index (χ4n) is 0.709. The molecule has 0 spiro atoms. The molecule has 0 unspecified atom stereocenters. The standard InChI is InChI=1S/C7H8N2O.K/c1-6-4-7(5-9-10)2-3-8-6;/h2-5,10H,1H3;/q;+1/p-1/b9-5-;. The molecule has 0 atom stereocenters. The fourth-order valence-corrected chi connectivity index (χ4v) is 0.709. The van der Waals surface area contributed by atoms with E-state index in [2.05, 4.69) is 10.1 Å². The number of hydrogen-bond acceptors (Lipinski definition) is 3. The number of pyridine rings is 1. The number of nitrogens with zero attached hydrogens (tertiary/aromatic N) is 2. The molecule has 0 radical (unpaired) electrons. The fraction of sp³-hybridized carbons (Fsp3) is 0.143. The van der Waals surface area contributed by atoms with Gasteiger partial charge in [0.2, 0.25) is 0 Å². The Hall–Kier alpha value is 0.256. The minimum Gasteiger partial charge on any atom is -0.792 e. The van der Waals surface area contributed by atoms with Gasteiger partial charge < -0.3 is 10.4 Å². The molecule has 0 bridgehead atoms. The Kier molecular flexibility index (Phi) is 5.99. The molecule has 0 saturated heterocycles. The van der Waals surface area contributed by atoms with Gasteiger partial charge in [0.05, 0.1) is 0 Å². The summed E-state index contributed by atoms with van der Waals surface area (Å²) in [6, 6.07) is 3.52. The van der Waals surface area contributed by atoms with Crippen molar-refractivity contribution in [3.63, 3.8) is 0 Å². The first-order valence-electron chi connectivity index (χ1n) is 2.91. The third-order valence-corrected chi connectivity index (χ3v) is 1.12. The smallest absolute Gasteiger partial charge is 0.792 e. The van der Waals surface area contributed by atoms with Crippen molar-refractivity contribution in [1.29, 1.82) is 0 Å². The van der Waals surface area contributed by atoms with Crippen LogP contribution in [0.2, 0.25) is 0 Å². The second kappa shape index (κ2) is 5.85. The molecule has 0 aliphatic rings. The van der Waals surface area contributed by atoms with Crippen molar-refractivity contribution in [3.8, 4) is 0 Å². The summed E-state index contributed by atoms with van der Waals surface area (Å²) >= 11 is 0. The van der Waals surface area contributed by atoms with E-state index in [0.29, 0.717) is 0 Å². The Morgan fingerprint density at radius 3 is 2.91 bits per heavy atom. The van der Waals surface area contributed by atoms with Crippen molar-refractivity contribution >= 4 is 6.21 Å². The maximum atomic E-state index is 9.76. The van der Waals surface area contributed by atoms with E-state index in [1.165, 1.54) is 6.21 Å². The van der Waals surface area contributed by atoms with Crippen LogP contribution in [0.15, 0.2) is 23.5 Å². The van der Waals surface area contributed by atoms with E-state index in [1.54, 1.807) is 18.3 Å². The monoisotopic (exact) mass is 174 g/mol. The van der Waals surface area contributed by atoms with Gasteiger partial charge in [0.25, 0.3) is 0 Å². The first kappa shape index (κ1) is 11.3. The quantitative estimate of drug-likeness (QED) is 0.290. The van der Waals surface area contributed by atoms with Crippen LogP contribution in [0.1, 0.15) is 11.3 Å². The summed E-state index contributed by atoms with van der Waals surface area (Å²) in [6.07, 6.45) is 2.90. The molecule has 0 fully saturated rings. The SMILES string of the molecule is Cc1cc(/C=N\[O-])ccn1.[K+]. The summed E-state index contributed by atoms with van der Waals surface area (Å²) in [5.41, 5.74) is 1.68. The molecule has 0 amide bonds. The van der Waals surface area contributed by atoms with Crippen LogP contribution in [0.25, 0.3) is 0 Å². The van der Waals surface area contributed by atoms with Crippen molar-refractivity contribution < 1.29 is 51.4 Å². The third kappa shape index (κ3) is 3.98. The maximum Gasteiger partial charge on any atom is 1.00 e. The summed E-state index contributed by atoms with van der Waals surface area (Å²) < 4.78 is 0. The van der Waals surface area contributed by atoms with Crippen LogP contribution in [0.5, 0.6) is 0 Å². The molecular weight excluding hydrogens is 167 g/mol. The maximum absolute atomic E-state index is 9.76. The zero-order chi connectivity index (χ0) is 7.40. The predicted octanol–water partition coefficient (Wildman–Crippen LogP) is -1.69. The Morgan fingerprint density at radius 1 is 1.64 bits per heavy atom. The number of rotatable bonds is 1. The predicted molar refractivity (Wildman–Crippen MR) is 39.9 cm³/mol. The Balaban J connectivity index is 0.000001000. The Labute approximate surface area is 108 Å². The molecular formula is C7H7KN2O. The molecule has 0 aliphatic heterocycles. The van der Waals surface area contributed by atoms with Crippen LogP contribution in [0.3, 0.4) is 0 Å². The topological polar surface area (TPSA) is 48.3 Å². The molecule has 0 aliphatic carbocycles. The van der Waals surface area contributed by atoms with Crippen LogP contribution in [-0.2, 0) is 0 Å². The number of hydrogen-bond donors (Lipinski definition) is 0. The molecule has 52 valence electrons. The summed E-state index contributed by atoms with van der Waals surface area (Å²) in [5, 5.41) is 12.4. The zero-order valence-corrected chi connectivity index (χ0v) is 9.74. The van der Waals surface area contributed by atoms with Gasteiger partial charge in [0.15, 0.2) is 0 Å². The molecule has 1 heterocycles. The molecule has 3 nitrogen and oxygen atoms in total. The van der Waals surface area contributed by atoms with Crippen molar-refractivity contribution in [2.45, 2.75) is 6.92 Å². The second-order valence-corrected chi connectivity index (χ2v) is 1.97. The van der Waals surface area contributed by atoms with Crippen LogP contribution in [-0.4, -0.2) is 11.2 Å². The van der Waals surface area contributed by atoms with Crippen LogP contribution >= 0.6 is 0 Å². The molecule has 0 N–H and O–H groups in total. The molecule has 11 heavy (non-hydrogen) atoms. The molecule has 1 aromatic heterocycles. The summed E-state index contributed by atoms with van der Waals surface area (Å²) in [7, 11) is 0. The summed E-state index contributed by atoms with van der Waals surface area (Å²) in [4.78, 5) is 3.96. The van der Waals surface area contributed by atoms with E-state index in [1.807, 2.05) is 6.92 Å². The van der Waals surface area contributed by atoms with E-state index in [-0.39, 0.29) is 51.4 Å². The molecule has 1 rings (SSSR count). The Morgan fingerprint density at radius 2 is 2.36 bits per heavy atom. The molecule has 0 aromatic carbocycles. The first-order chi connectivity index (χ1) is 4.83. The van der Waals surface area contributed by atoms with Gasteiger partial charge in [-0.05, 0) is 24.6 Å². The number of aryl methyl sites for hydroxylation is 1. The van der Waals surface area contributed by atoms with Crippen molar-refractivity contribution in [1.82, 2.24) is 4.98 Å². The van der Waals surface area contributed by atoms with Gasteiger partial charge in [-0.2, -0.15) is 0 Å². The van der Waals surface area contributed by atoms with Gasteiger partial charge in [-0.25, -0.2) is 0 Å². The third-order valence-electron chi connectivity index (χ3n) is 1.12. The van der Waals surface area contributed by atoms with Gasteiger partial charge in [0.1, 0.15) is 0 Å². The first-order valence-corrected chi connectivity index (χ1v) is 2.91. The summed E-state index contributed by atoms with van der Waals surface area (Å²) in [5.74, 6) is 0. The minimum atomic E-state index is 0. The van der Waals surface area contributed by atoms with E-state index < -0.39 is 0 Å². The summed E-state index contributed by atoms with van der Waals surface area (Å²) in [6.45, 7) is 1.86. The van der Waals surface area contributed by atoms with E-state index >= 15 is 0 Å². The Bertz CT molecular complexity index is 250. The minimum absolute atomic E-state index is 0. The normalized spacial score (nSPS) is 9.55. The van der Waals surface area contributed by atoms with Gasteiger partial charge in [0, 0.05) is 18.1 Å². The van der Waals surface area contributed by atoms with Gasteiger partial charge in [-0.1, -0.05) is 0 Å². The average molecular weight is 174 g/mol. The van der Waals surface area contributed by atoms with Crippen LogP contribution < -0.4 is 51.4 Å². The van der Waals surface area contributed by atoms with Crippen LogP contribution in [0, 0.1) is 12.1 Å². The van der Waals surface area contributed by atoms with E-state index in [9.17, 15) is 5.21 Å². The van der Waals surface area contributed by atoms with Gasteiger partial charge in [-0.15, -0.1) is 0 Å². The van der Waals surface area contributed by atoms with Gasteiger partial charge >= 0.3 is 51.4 Å². The largest absolute Gasteiger partial charge is 1.00 e. The number of aromatic nitrogens is 1. The molecule has 4 heteroatoms.